The van der Waals surface area contributed by atoms with Gasteiger partial charge >= 0.3 is 0 Å². The van der Waals surface area contributed by atoms with Gasteiger partial charge in [0.25, 0.3) is 0 Å². The van der Waals surface area contributed by atoms with Crippen LogP contribution in [0.3, 0.4) is 0 Å². The van der Waals surface area contributed by atoms with Crippen molar-refractivity contribution in [3.63, 3.8) is 0 Å². The third-order valence-corrected chi connectivity index (χ3v) is 4.88. The Morgan fingerprint density at radius 1 is 1.19 bits per heavy atom. The van der Waals surface area contributed by atoms with Gasteiger partial charge in [0, 0.05) is 5.02 Å². The van der Waals surface area contributed by atoms with Gasteiger partial charge in [-0.05, 0) is 49.5 Å². The quantitative estimate of drug-likeness (QED) is 0.644. The van der Waals surface area contributed by atoms with E-state index in [2.05, 4.69) is 10.6 Å². The summed E-state index contributed by atoms with van der Waals surface area (Å²) < 4.78 is 11.4. The number of hydrogen-bond acceptors (Lipinski definition) is 3. The van der Waals surface area contributed by atoms with Crippen molar-refractivity contribution in [2.75, 3.05) is 44.7 Å². The molecule has 5 nitrogen and oxygen atoms in total. The minimum absolute atomic E-state index is 0.554. The fraction of sp³-hybridized carbons (Fsp3) is 0.350. The Bertz CT molecular complexity index is 764. The van der Waals surface area contributed by atoms with E-state index < -0.39 is 0 Å². The molecule has 144 valence electrons. The van der Waals surface area contributed by atoms with Crippen molar-refractivity contribution in [2.45, 2.75) is 6.92 Å². The maximum atomic E-state index is 6.16. The van der Waals surface area contributed by atoms with E-state index in [1.54, 1.807) is 6.07 Å². The van der Waals surface area contributed by atoms with Gasteiger partial charge in [-0.15, -0.1) is 0 Å². The van der Waals surface area contributed by atoms with E-state index >= 15 is 0 Å². The molecule has 2 aromatic carbocycles. The molecule has 0 atom stereocenters. The van der Waals surface area contributed by atoms with Crippen molar-refractivity contribution in [1.82, 2.24) is 5.32 Å². The highest BCUT2D eigenvalue weighted by Gasteiger charge is 2.13. The first-order valence-electron chi connectivity index (χ1n) is 9.10. The van der Waals surface area contributed by atoms with E-state index in [-0.39, 0.29) is 0 Å². The van der Waals surface area contributed by atoms with Crippen molar-refractivity contribution < 1.29 is 14.4 Å². The molecule has 1 heterocycles. The summed E-state index contributed by atoms with van der Waals surface area (Å²) in [5, 5.41) is 7.63. The summed E-state index contributed by atoms with van der Waals surface area (Å²) in [5.41, 5.74) is 1.92. The lowest BCUT2D eigenvalue weighted by Crippen LogP contribution is -3.14. The van der Waals surface area contributed by atoms with Crippen LogP contribution < -0.4 is 20.3 Å². The van der Waals surface area contributed by atoms with Gasteiger partial charge in [0.05, 0.1) is 32.0 Å². The third-order valence-electron chi connectivity index (χ3n) is 4.40. The molecule has 1 aliphatic rings. The summed E-state index contributed by atoms with van der Waals surface area (Å²) in [6.45, 7) is 7.61. The maximum Gasteiger partial charge on any atom is 0.171 e. The second kappa shape index (κ2) is 9.90. The molecular formula is C20H25ClN3O2S+. The Morgan fingerprint density at radius 3 is 2.67 bits per heavy atom. The van der Waals surface area contributed by atoms with E-state index in [0.29, 0.717) is 15.9 Å². The second-order valence-electron chi connectivity index (χ2n) is 6.55. The highest BCUT2D eigenvalue weighted by atomic mass is 35.5. The van der Waals surface area contributed by atoms with Crippen molar-refractivity contribution in [2.24, 2.45) is 0 Å². The zero-order chi connectivity index (χ0) is 19.1. The number of halogens is 1. The van der Waals surface area contributed by atoms with Crippen LogP contribution in [-0.2, 0) is 4.74 Å². The van der Waals surface area contributed by atoms with Gasteiger partial charge < -0.3 is 25.0 Å². The van der Waals surface area contributed by atoms with Crippen molar-refractivity contribution in [3.8, 4) is 11.5 Å². The number of benzene rings is 2. The molecule has 0 aliphatic carbocycles. The third kappa shape index (κ3) is 6.36. The smallest absolute Gasteiger partial charge is 0.171 e. The highest BCUT2D eigenvalue weighted by Crippen LogP contribution is 2.32. The lowest BCUT2D eigenvalue weighted by molar-refractivity contribution is -0.906. The van der Waals surface area contributed by atoms with E-state index in [1.807, 2.05) is 43.3 Å². The molecule has 3 rings (SSSR count). The molecule has 0 bridgehead atoms. The molecule has 1 aliphatic heterocycles. The number of hydrogen-bond donors (Lipinski definition) is 3. The number of rotatable bonds is 6. The van der Waals surface area contributed by atoms with Gasteiger partial charge in [0.15, 0.2) is 10.9 Å². The summed E-state index contributed by atoms with van der Waals surface area (Å²) >= 11 is 11.6. The van der Waals surface area contributed by atoms with Crippen LogP contribution in [0.2, 0.25) is 5.02 Å². The van der Waals surface area contributed by atoms with Gasteiger partial charge in [-0.2, -0.15) is 0 Å². The number of nitrogens with one attached hydrogen (secondary N) is 3. The fourth-order valence-corrected chi connectivity index (χ4v) is 3.24. The summed E-state index contributed by atoms with van der Waals surface area (Å²) in [4.78, 5) is 1.53. The predicted octanol–water partition coefficient (Wildman–Crippen LogP) is 2.64. The van der Waals surface area contributed by atoms with Crippen LogP contribution in [0, 0.1) is 6.92 Å². The Kier molecular flexibility index (Phi) is 7.29. The molecule has 0 amide bonds. The molecule has 2 aromatic rings. The molecule has 0 saturated carbocycles. The van der Waals surface area contributed by atoms with E-state index in [9.17, 15) is 0 Å². The van der Waals surface area contributed by atoms with Crippen LogP contribution in [0.1, 0.15) is 5.56 Å². The number of thiocarbonyl (C=S) groups is 1. The summed E-state index contributed by atoms with van der Waals surface area (Å²) in [6, 6.07) is 13.4. The lowest BCUT2D eigenvalue weighted by Gasteiger charge is -2.24. The van der Waals surface area contributed by atoms with E-state index in [4.69, 9.17) is 33.3 Å². The molecule has 0 aromatic heterocycles. The molecule has 1 fully saturated rings. The summed E-state index contributed by atoms with van der Waals surface area (Å²) in [6.07, 6.45) is 0. The average molecular weight is 407 g/mol. The molecule has 3 N–H and O–H groups in total. The van der Waals surface area contributed by atoms with Crippen molar-refractivity contribution >= 4 is 34.6 Å². The molecule has 7 heteroatoms. The molecule has 0 spiro atoms. The van der Waals surface area contributed by atoms with Crippen LogP contribution >= 0.6 is 23.8 Å². The minimum Gasteiger partial charge on any atom is -0.455 e. The number of quaternary nitrogens is 1. The first-order chi connectivity index (χ1) is 13.1. The SMILES string of the molecule is Cc1ccc(Oc2ccc(Cl)cc2NC(=S)NCC[NH+]2CCOCC2)cc1. The molecule has 0 unspecified atom stereocenters. The largest absolute Gasteiger partial charge is 0.455 e. The Morgan fingerprint density at radius 2 is 1.93 bits per heavy atom. The first-order valence-corrected chi connectivity index (χ1v) is 9.89. The van der Waals surface area contributed by atoms with E-state index in [1.165, 1.54) is 10.5 Å². The Balaban J connectivity index is 1.57. The topological polar surface area (TPSA) is 47.0 Å². The first kappa shape index (κ1) is 19.9. The standard InChI is InChI=1S/C20H24ClN3O2S/c1-15-2-5-17(6-3-15)26-19-7-4-16(21)14-18(19)23-20(27)22-8-9-24-10-12-25-13-11-24/h2-7,14H,8-13H2,1H3,(H2,22,23,27)/p+1. The highest BCUT2D eigenvalue weighted by molar-refractivity contribution is 7.80. The molecule has 1 saturated heterocycles. The lowest BCUT2D eigenvalue weighted by atomic mass is 10.2. The predicted molar refractivity (Wildman–Crippen MR) is 113 cm³/mol. The zero-order valence-electron chi connectivity index (χ0n) is 15.4. The second-order valence-corrected chi connectivity index (χ2v) is 7.39. The van der Waals surface area contributed by atoms with Gasteiger partial charge in [-0.1, -0.05) is 29.3 Å². The fourth-order valence-electron chi connectivity index (χ4n) is 2.85. The number of anilines is 1. The van der Waals surface area contributed by atoms with Crippen LogP contribution in [0.5, 0.6) is 11.5 Å². The van der Waals surface area contributed by atoms with Gasteiger partial charge in [0.2, 0.25) is 0 Å². The summed E-state index contributed by atoms with van der Waals surface area (Å²) in [5.74, 6) is 1.44. The minimum atomic E-state index is 0.554. The average Bonchev–Trinajstić information content (AvgIpc) is 2.66. The molecule has 0 radical (unpaired) electrons. The van der Waals surface area contributed by atoms with Crippen molar-refractivity contribution in [3.05, 3.63) is 53.1 Å². The van der Waals surface area contributed by atoms with Crippen molar-refractivity contribution in [1.29, 1.82) is 0 Å². The molecular weight excluding hydrogens is 382 g/mol. The van der Waals surface area contributed by atoms with Crippen LogP contribution in [0.25, 0.3) is 0 Å². The summed E-state index contributed by atoms with van der Waals surface area (Å²) in [7, 11) is 0. The zero-order valence-corrected chi connectivity index (χ0v) is 17.0. The van der Waals surface area contributed by atoms with Crippen LogP contribution in [-0.4, -0.2) is 44.5 Å². The number of aryl methyl sites for hydroxylation is 1. The molecule has 27 heavy (non-hydrogen) atoms. The Labute approximate surface area is 170 Å². The van der Waals surface area contributed by atoms with Gasteiger partial charge in [0.1, 0.15) is 18.8 Å². The number of ether oxygens (including phenoxy) is 2. The maximum absolute atomic E-state index is 6.16. The Hall–Kier alpha value is -1.86. The number of morpholine rings is 1. The van der Waals surface area contributed by atoms with Gasteiger partial charge in [-0.3, -0.25) is 0 Å². The van der Waals surface area contributed by atoms with Gasteiger partial charge in [-0.25, -0.2) is 0 Å². The normalized spacial score (nSPS) is 14.6. The van der Waals surface area contributed by atoms with Crippen LogP contribution in [0.4, 0.5) is 5.69 Å². The monoisotopic (exact) mass is 406 g/mol. The van der Waals surface area contributed by atoms with Crippen LogP contribution in [0.15, 0.2) is 42.5 Å². The van der Waals surface area contributed by atoms with E-state index in [0.717, 1.165) is 50.8 Å².